The van der Waals surface area contributed by atoms with Gasteiger partial charge in [0, 0.05) is 5.56 Å². The number of phenols is 1. The molecular formula is C10H10ClNO2. The summed E-state index contributed by atoms with van der Waals surface area (Å²) in [7, 11) is 1.46. The van der Waals surface area contributed by atoms with Crippen LogP contribution in [0, 0.1) is 18.3 Å². The van der Waals surface area contributed by atoms with Gasteiger partial charge >= 0.3 is 0 Å². The molecule has 0 atom stereocenters. The fourth-order valence-electron chi connectivity index (χ4n) is 1.25. The SMILES string of the molecule is COc1c(CC#N)cc(C)c(O)c1Cl. The van der Waals surface area contributed by atoms with Gasteiger partial charge in [0.15, 0.2) is 0 Å². The highest BCUT2D eigenvalue weighted by Gasteiger charge is 2.14. The van der Waals surface area contributed by atoms with Gasteiger partial charge < -0.3 is 9.84 Å². The van der Waals surface area contributed by atoms with Crippen molar-refractivity contribution < 1.29 is 9.84 Å². The Hall–Kier alpha value is -1.40. The Morgan fingerprint density at radius 3 is 2.79 bits per heavy atom. The third-order valence-corrected chi connectivity index (χ3v) is 2.29. The van der Waals surface area contributed by atoms with E-state index in [1.54, 1.807) is 13.0 Å². The first kappa shape index (κ1) is 10.7. The molecule has 0 fully saturated rings. The van der Waals surface area contributed by atoms with E-state index in [9.17, 15) is 5.11 Å². The molecule has 0 unspecified atom stereocenters. The molecule has 0 amide bonds. The molecule has 4 heteroatoms. The molecule has 3 nitrogen and oxygen atoms in total. The van der Waals surface area contributed by atoms with Gasteiger partial charge in [0.1, 0.15) is 16.5 Å². The van der Waals surface area contributed by atoms with Crippen molar-refractivity contribution in [2.75, 3.05) is 7.11 Å². The number of ether oxygens (including phenoxy) is 1. The molecule has 74 valence electrons. The molecule has 1 aromatic rings. The maximum Gasteiger partial charge on any atom is 0.145 e. The topological polar surface area (TPSA) is 53.2 Å². The molecule has 1 rings (SSSR count). The van der Waals surface area contributed by atoms with Crippen molar-refractivity contribution in [3.63, 3.8) is 0 Å². The van der Waals surface area contributed by atoms with Crippen LogP contribution in [0.3, 0.4) is 0 Å². The average Bonchev–Trinajstić information content (AvgIpc) is 2.16. The second kappa shape index (κ2) is 4.21. The second-order valence-corrected chi connectivity index (χ2v) is 3.26. The highest BCUT2D eigenvalue weighted by Crippen LogP contribution is 2.38. The van der Waals surface area contributed by atoms with E-state index in [2.05, 4.69) is 0 Å². The number of phenolic OH excluding ortho intramolecular Hbond substituents is 1. The van der Waals surface area contributed by atoms with Gasteiger partial charge in [-0.25, -0.2) is 0 Å². The zero-order chi connectivity index (χ0) is 10.7. The molecule has 0 aliphatic heterocycles. The van der Waals surface area contributed by atoms with Crippen LogP contribution < -0.4 is 4.74 Å². The van der Waals surface area contributed by atoms with E-state index in [-0.39, 0.29) is 17.2 Å². The first-order valence-electron chi connectivity index (χ1n) is 4.03. The maximum atomic E-state index is 9.52. The lowest BCUT2D eigenvalue weighted by atomic mass is 10.1. The molecule has 0 bridgehead atoms. The van der Waals surface area contributed by atoms with Crippen LogP contribution in [0.15, 0.2) is 6.07 Å². The van der Waals surface area contributed by atoms with Gasteiger partial charge in [-0.3, -0.25) is 0 Å². The summed E-state index contributed by atoms with van der Waals surface area (Å²) in [6.45, 7) is 1.72. The Kier molecular flexibility index (Phi) is 3.21. The predicted molar refractivity (Wildman–Crippen MR) is 53.7 cm³/mol. The third kappa shape index (κ3) is 1.75. The number of nitrogens with zero attached hydrogens (tertiary/aromatic N) is 1. The van der Waals surface area contributed by atoms with Crippen LogP contribution in [-0.4, -0.2) is 12.2 Å². The quantitative estimate of drug-likeness (QED) is 0.818. The minimum absolute atomic E-state index is 0.00482. The predicted octanol–water partition coefficient (Wildman–Crippen LogP) is 2.43. The Bertz CT molecular complexity index is 396. The molecule has 0 saturated heterocycles. The standard InChI is InChI=1S/C10H10ClNO2/c1-6-5-7(3-4-12)10(14-2)8(11)9(6)13/h5,13H,3H2,1-2H3. The third-order valence-electron chi connectivity index (χ3n) is 1.94. The molecule has 1 aromatic carbocycles. The summed E-state index contributed by atoms with van der Waals surface area (Å²) in [4.78, 5) is 0. The fourth-order valence-corrected chi connectivity index (χ4v) is 1.60. The average molecular weight is 212 g/mol. The van der Waals surface area contributed by atoms with Gasteiger partial charge in [0.25, 0.3) is 0 Å². The smallest absolute Gasteiger partial charge is 0.145 e. The van der Waals surface area contributed by atoms with E-state index in [1.165, 1.54) is 7.11 Å². The van der Waals surface area contributed by atoms with E-state index in [1.807, 2.05) is 6.07 Å². The number of methoxy groups -OCH3 is 1. The first-order chi connectivity index (χ1) is 6.61. The molecule has 0 aromatic heterocycles. The number of aryl methyl sites for hydroxylation is 1. The molecule has 0 aliphatic carbocycles. The van der Waals surface area contributed by atoms with Gasteiger partial charge in [-0.05, 0) is 18.6 Å². The van der Waals surface area contributed by atoms with Crippen molar-refractivity contribution in [1.29, 1.82) is 5.26 Å². The summed E-state index contributed by atoms with van der Waals surface area (Å²) in [5.74, 6) is 0.376. The van der Waals surface area contributed by atoms with Gasteiger partial charge in [-0.1, -0.05) is 11.6 Å². The molecule has 1 N–H and O–H groups in total. The van der Waals surface area contributed by atoms with E-state index in [0.717, 1.165) is 0 Å². The van der Waals surface area contributed by atoms with Gasteiger partial charge in [0.2, 0.25) is 0 Å². The Labute approximate surface area is 87.5 Å². The number of rotatable bonds is 2. The summed E-state index contributed by atoms with van der Waals surface area (Å²) in [5, 5.41) is 18.3. The van der Waals surface area contributed by atoms with Crippen LogP contribution in [0.5, 0.6) is 11.5 Å². The Morgan fingerprint density at radius 2 is 2.29 bits per heavy atom. The zero-order valence-corrected chi connectivity index (χ0v) is 8.72. The molecule has 0 heterocycles. The van der Waals surface area contributed by atoms with E-state index >= 15 is 0 Å². The Balaban J connectivity index is 3.37. The summed E-state index contributed by atoms with van der Waals surface area (Å²) in [6.07, 6.45) is 0.212. The van der Waals surface area contributed by atoms with Crippen LogP contribution in [0.2, 0.25) is 5.02 Å². The largest absolute Gasteiger partial charge is 0.506 e. The number of aromatic hydroxyl groups is 1. The zero-order valence-electron chi connectivity index (χ0n) is 7.97. The number of benzene rings is 1. The lowest BCUT2D eigenvalue weighted by Crippen LogP contribution is -1.94. The van der Waals surface area contributed by atoms with Crippen molar-refractivity contribution in [3.05, 3.63) is 22.2 Å². The molecule has 14 heavy (non-hydrogen) atoms. The van der Waals surface area contributed by atoms with E-state index in [0.29, 0.717) is 16.9 Å². The van der Waals surface area contributed by atoms with E-state index in [4.69, 9.17) is 21.6 Å². The van der Waals surface area contributed by atoms with Crippen LogP contribution in [0.1, 0.15) is 11.1 Å². The monoisotopic (exact) mass is 211 g/mol. The highest BCUT2D eigenvalue weighted by atomic mass is 35.5. The molecule has 0 spiro atoms. The van der Waals surface area contributed by atoms with E-state index < -0.39 is 0 Å². The highest BCUT2D eigenvalue weighted by molar-refractivity contribution is 6.33. The number of nitriles is 1. The molecular weight excluding hydrogens is 202 g/mol. The van der Waals surface area contributed by atoms with Crippen molar-refractivity contribution in [1.82, 2.24) is 0 Å². The lowest BCUT2D eigenvalue weighted by Gasteiger charge is -2.11. The summed E-state index contributed by atoms with van der Waals surface area (Å²) in [5.41, 5.74) is 1.33. The Morgan fingerprint density at radius 1 is 1.64 bits per heavy atom. The number of hydrogen-bond acceptors (Lipinski definition) is 3. The molecule has 0 aliphatic rings. The summed E-state index contributed by atoms with van der Waals surface area (Å²) >= 11 is 5.86. The summed E-state index contributed by atoms with van der Waals surface area (Å²) in [6, 6.07) is 3.71. The van der Waals surface area contributed by atoms with Gasteiger partial charge in [-0.2, -0.15) is 5.26 Å². The molecule has 0 saturated carbocycles. The lowest BCUT2D eigenvalue weighted by molar-refractivity contribution is 0.403. The normalized spacial score (nSPS) is 9.57. The number of halogens is 1. The van der Waals surface area contributed by atoms with Crippen molar-refractivity contribution in [2.45, 2.75) is 13.3 Å². The van der Waals surface area contributed by atoms with Crippen molar-refractivity contribution in [2.24, 2.45) is 0 Å². The van der Waals surface area contributed by atoms with Gasteiger partial charge in [-0.15, -0.1) is 0 Å². The minimum Gasteiger partial charge on any atom is -0.506 e. The fraction of sp³-hybridized carbons (Fsp3) is 0.300. The summed E-state index contributed by atoms with van der Waals surface area (Å²) < 4.78 is 5.02. The van der Waals surface area contributed by atoms with Crippen LogP contribution >= 0.6 is 11.6 Å². The van der Waals surface area contributed by atoms with Crippen LogP contribution in [-0.2, 0) is 6.42 Å². The maximum absolute atomic E-state index is 9.52. The molecule has 0 radical (unpaired) electrons. The van der Waals surface area contributed by atoms with Gasteiger partial charge in [0.05, 0.1) is 19.6 Å². The van der Waals surface area contributed by atoms with Crippen LogP contribution in [0.25, 0.3) is 0 Å². The number of hydrogen-bond donors (Lipinski definition) is 1. The van der Waals surface area contributed by atoms with Crippen LogP contribution in [0.4, 0.5) is 0 Å². The second-order valence-electron chi connectivity index (χ2n) is 2.88. The van der Waals surface area contributed by atoms with Crippen molar-refractivity contribution in [3.8, 4) is 17.6 Å². The van der Waals surface area contributed by atoms with Crippen molar-refractivity contribution >= 4 is 11.6 Å². The first-order valence-corrected chi connectivity index (χ1v) is 4.41. The minimum atomic E-state index is 0.00482.